The molecule has 36 heavy (non-hydrogen) atoms. The van der Waals surface area contributed by atoms with Gasteiger partial charge < -0.3 is 10.2 Å². The fraction of sp³-hybridized carbons (Fsp3) is 0.286. The summed E-state index contributed by atoms with van der Waals surface area (Å²) >= 11 is 0. The minimum atomic E-state index is -3.57. The Morgan fingerprint density at radius 2 is 1.64 bits per heavy atom. The number of anilines is 3. The summed E-state index contributed by atoms with van der Waals surface area (Å²) in [5.41, 5.74) is 5.21. The van der Waals surface area contributed by atoms with Crippen molar-refractivity contribution in [2.45, 2.75) is 31.6 Å². The van der Waals surface area contributed by atoms with E-state index in [2.05, 4.69) is 40.3 Å². The predicted octanol–water partition coefficient (Wildman–Crippen LogP) is 4.60. The Morgan fingerprint density at radius 3 is 2.42 bits per heavy atom. The smallest absolute Gasteiger partial charge is 0.243 e. The number of hydrogen-bond donors (Lipinski definition) is 1. The highest BCUT2D eigenvalue weighted by atomic mass is 32.2. The van der Waals surface area contributed by atoms with Crippen LogP contribution in [0.1, 0.15) is 22.4 Å². The molecule has 2 aliphatic rings. The highest BCUT2D eigenvalue weighted by molar-refractivity contribution is 7.89. The fourth-order valence-electron chi connectivity index (χ4n) is 5.31. The van der Waals surface area contributed by atoms with Gasteiger partial charge in [0.15, 0.2) is 0 Å². The number of benzene rings is 3. The number of hydrogen-bond acceptors (Lipinski definition) is 6. The number of nitrogens with one attached hydrogen (secondary N) is 1. The first-order valence-corrected chi connectivity index (χ1v) is 13.8. The van der Waals surface area contributed by atoms with Crippen LogP contribution < -0.4 is 10.2 Å². The van der Waals surface area contributed by atoms with Gasteiger partial charge >= 0.3 is 0 Å². The third kappa shape index (κ3) is 4.10. The minimum absolute atomic E-state index is 0.422. The van der Waals surface area contributed by atoms with Gasteiger partial charge in [-0.2, -0.15) is 9.29 Å². The first kappa shape index (κ1) is 22.9. The lowest BCUT2D eigenvalue weighted by molar-refractivity contribution is 0.383. The largest absolute Gasteiger partial charge is 0.354 e. The van der Waals surface area contributed by atoms with Crippen LogP contribution in [0.25, 0.3) is 10.8 Å². The van der Waals surface area contributed by atoms with Crippen molar-refractivity contribution in [1.82, 2.24) is 14.3 Å². The van der Waals surface area contributed by atoms with Crippen LogP contribution in [0.4, 0.5) is 17.5 Å². The first-order valence-electron chi connectivity index (χ1n) is 12.4. The number of sulfonamides is 1. The van der Waals surface area contributed by atoms with E-state index >= 15 is 0 Å². The average Bonchev–Trinajstić information content (AvgIpc) is 3.31. The monoisotopic (exact) mass is 499 g/mol. The zero-order chi connectivity index (χ0) is 24.9. The van der Waals surface area contributed by atoms with Crippen molar-refractivity contribution in [2.75, 3.05) is 36.4 Å². The van der Waals surface area contributed by atoms with Crippen LogP contribution in [0.5, 0.6) is 0 Å². The Bertz CT molecular complexity index is 1560. The predicted molar refractivity (Wildman–Crippen MR) is 144 cm³/mol. The molecule has 2 heterocycles. The standard InChI is InChI=1S/C28H29N5O2S/c1-19-6-10-23(11-7-19)30-28-29-20(2)18-26(31-28)32-14-16-33(17-15-32)36(34,35)25-13-9-22-5-3-4-21-8-12-24(25)27(21)22/h3-7,9-11,13,18H,8,12,14-17H2,1-2H3,(H,29,30,31). The van der Waals surface area contributed by atoms with E-state index in [0.29, 0.717) is 37.0 Å². The molecule has 1 fully saturated rings. The molecule has 0 unspecified atom stereocenters. The molecular weight excluding hydrogens is 470 g/mol. The second-order valence-electron chi connectivity index (χ2n) is 9.63. The van der Waals surface area contributed by atoms with E-state index in [9.17, 15) is 8.42 Å². The first-order chi connectivity index (χ1) is 17.4. The number of rotatable bonds is 5. The Balaban J connectivity index is 1.20. The molecule has 1 saturated heterocycles. The molecule has 0 radical (unpaired) electrons. The third-order valence-corrected chi connectivity index (χ3v) is 9.15. The van der Waals surface area contributed by atoms with E-state index in [1.807, 2.05) is 43.3 Å². The molecule has 0 bridgehead atoms. The lowest BCUT2D eigenvalue weighted by atomic mass is 10.1. The summed E-state index contributed by atoms with van der Waals surface area (Å²) in [4.78, 5) is 11.9. The van der Waals surface area contributed by atoms with Crippen molar-refractivity contribution in [2.24, 2.45) is 0 Å². The fourth-order valence-corrected chi connectivity index (χ4v) is 6.98. The SMILES string of the molecule is Cc1ccc(Nc2nc(C)cc(N3CCN(S(=O)(=O)c4ccc5cccc6c5c4CC6)CC3)n2)cc1. The van der Waals surface area contributed by atoms with Gasteiger partial charge in [-0.05, 0) is 66.8 Å². The lowest BCUT2D eigenvalue weighted by Gasteiger charge is -2.35. The van der Waals surface area contributed by atoms with Crippen LogP contribution in [0.15, 0.2) is 65.6 Å². The maximum Gasteiger partial charge on any atom is 0.243 e. The van der Waals surface area contributed by atoms with Gasteiger partial charge in [0.05, 0.1) is 4.90 Å². The van der Waals surface area contributed by atoms with Crippen molar-refractivity contribution < 1.29 is 8.42 Å². The second-order valence-corrected chi connectivity index (χ2v) is 11.5. The topological polar surface area (TPSA) is 78.4 Å². The summed E-state index contributed by atoms with van der Waals surface area (Å²) in [5.74, 6) is 1.35. The van der Waals surface area contributed by atoms with Crippen LogP contribution in [0.3, 0.4) is 0 Å². The number of aryl methyl sites for hydroxylation is 4. The summed E-state index contributed by atoms with van der Waals surface area (Å²) in [6, 6.07) is 20.0. The van der Waals surface area contributed by atoms with Gasteiger partial charge in [-0.15, -0.1) is 0 Å². The molecule has 0 amide bonds. The van der Waals surface area contributed by atoms with Gasteiger partial charge in [-0.1, -0.05) is 42.0 Å². The summed E-state index contributed by atoms with van der Waals surface area (Å²) in [5, 5.41) is 5.53. The normalized spacial score (nSPS) is 16.0. The summed E-state index contributed by atoms with van der Waals surface area (Å²) in [7, 11) is -3.57. The van der Waals surface area contributed by atoms with E-state index < -0.39 is 10.0 Å². The van der Waals surface area contributed by atoms with Crippen molar-refractivity contribution in [3.63, 3.8) is 0 Å². The quantitative estimate of drug-likeness (QED) is 0.432. The minimum Gasteiger partial charge on any atom is -0.354 e. The Labute approximate surface area is 211 Å². The molecule has 8 heteroatoms. The zero-order valence-corrected chi connectivity index (χ0v) is 21.3. The third-order valence-electron chi connectivity index (χ3n) is 7.17. The maximum atomic E-state index is 13.7. The van der Waals surface area contributed by atoms with Crippen molar-refractivity contribution in [1.29, 1.82) is 0 Å². The number of nitrogens with zero attached hydrogens (tertiary/aromatic N) is 4. The summed E-state index contributed by atoms with van der Waals surface area (Å²) in [6.07, 6.45) is 1.68. The van der Waals surface area contributed by atoms with Gasteiger partial charge in [0.1, 0.15) is 5.82 Å². The van der Waals surface area contributed by atoms with Gasteiger partial charge in [0.25, 0.3) is 0 Å². The van der Waals surface area contributed by atoms with E-state index in [1.54, 1.807) is 10.4 Å². The molecule has 1 aliphatic heterocycles. The Hall–Kier alpha value is -3.49. The molecular formula is C28H29N5O2S. The lowest BCUT2D eigenvalue weighted by Crippen LogP contribution is -2.49. The van der Waals surface area contributed by atoms with Crippen LogP contribution >= 0.6 is 0 Å². The van der Waals surface area contributed by atoms with E-state index in [1.165, 1.54) is 11.1 Å². The van der Waals surface area contributed by atoms with E-state index in [-0.39, 0.29) is 0 Å². The van der Waals surface area contributed by atoms with Crippen LogP contribution in [0.2, 0.25) is 0 Å². The molecule has 1 N–H and O–H groups in total. The molecule has 7 nitrogen and oxygen atoms in total. The second kappa shape index (κ2) is 8.87. The molecule has 0 spiro atoms. The highest BCUT2D eigenvalue weighted by Crippen LogP contribution is 2.36. The Kier molecular flexibility index (Phi) is 5.65. The van der Waals surface area contributed by atoms with Crippen LogP contribution in [-0.4, -0.2) is 48.9 Å². The van der Waals surface area contributed by atoms with Gasteiger partial charge in [-0.25, -0.2) is 13.4 Å². The van der Waals surface area contributed by atoms with Crippen molar-refractivity contribution >= 4 is 38.2 Å². The zero-order valence-electron chi connectivity index (χ0n) is 20.5. The average molecular weight is 500 g/mol. The van der Waals surface area contributed by atoms with Crippen molar-refractivity contribution in [3.8, 4) is 0 Å². The molecule has 0 atom stereocenters. The van der Waals surface area contributed by atoms with E-state index in [4.69, 9.17) is 4.98 Å². The molecule has 4 aromatic rings. The Morgan fingerprint density at radius 1 is 0.861 bits per heavy atom. The molecule has 0 saturated carbocycles. The van der Waals surface area contributed by atoms with Gasteiger partial charge in [0, 0.05) is 43.6 Å². The molecule has 6 rings (SSSR count). The molecule has 184 valence electrons. The summed E-state index contributed by atoms with van der Waals surface area (Å²) in [6.45, 7) is 6.00. The molecule has 1 aliphatic carbocycles. The van der Waals surface area contributed by atoms with Crippen LogP contribution in [0, 0.1) is 13.8 Å². The molecule has 3 aromatic carbocycles. The van der Waals surface area contributed by atoms with Crippen molar-refractivity contribution in [3.05, 3.63) is 83.0 Å². The number of aromatic nitrogens is 2. The van der Waals surface area contributed by atoms with E-state index in [0.717, 1.165) is 46.4 Å². The summed E-state index contributed by atoms with van der Waals surface area (Å²) < 4.78 is 29.0. The number of piperazine rings is 1. The molecule has 1 aromatic heterocycles. The maximum absolute atomic E-state index is 13.7. The van der Waals surface area contributed by atoms with Crippen LogP contribution in [-0.2, 0) is 22.9 Å². The highest BCUT2D eigenvalue weighted by Gasteiger charge is 2.32. The van der Waals surface area contributed by atoms with Gasteiger partial charge in [-0.3, -0.25) is 0 Å². The van der Waals surface area contributed by atoms with Gasteiger partial charge in [0.2, 0.25) is 16.0 Å².